The fourth-order valence-electron chi connectivity index (χ4n) is 9.57. The highest BCUT2D eigenvalue weighted by atomic mass is 16.6. The second-order valence-corrected chi connectivity index (χ2v) is 19.9. The Balaban J connectivity index is 2.70. The molecular formula is C42H72N2O5. The summed E-state index contributed by atoms with van der Waals surface area (Å²) < 4.78 is 6.93. The largest absolute Gasteiger partial charge is 0.507 e. The molecule has 0 aromatic heterocycles. The number of rotatable bonds is 9. The van der Waals surface area contributed by atoms with E-state index in [0.717, 1.165) is 60.8 Å². The number of likely N-dealkylation sites (N-methyl/N-ethyl adjacent to an activating group) is 1. The number of carbonyl (C=O) groups is 2. The molecule has 0 radical (unpaired) electrons. The standard InChI is InChI=1S/C42H72N2O5/c1-18-19-22-42(49-32(47)26-31(45)46,30-21-24-39(10,11)44(17)41(30,14)15)28-25-29(36(2,3)4)35(48)34(37(5,6)7)33(28)27-20-23-38(8,9)43(16)40(27,12)13/h25,27,30,48H,18-24,26H2,1-17H3,(H,45,46). The van der Waals surface area contributed by atoms with Crippen molar-refractivity contribution >= 4 is 11.9 Å². The molecular weight excluding hydrogens is 612 g/mol. The van der Waals surface area contributed by atoms with Gasteiger partial charge in [0.25, 0.3) is 0 Å². The van der Waals surface area contributed by atoms with Crippen LogP contribution in [-0.4, -0.2) is 68.2 Å². The quantitative estimate of drug-likeness (QED) is 0.198. The van der Waals surface area contributed by atoms with Crippen molar-refractivity contribution in [3.05, 3.63) is 28.3 Å². The smallest absolute Gasteiger partial charge is 0.318 e. The maximum atomic E-state index is 14.0. The molecule has 2 heterocycles. The van der Waals surface area contributed by atoms with Gasteiger partial charge in [0.15, 0.2) is 0 Å². The number of phenols is 1. The van der Waals surface area contributed by atoms with E-state index >= 15 is 0 Å². The Bertz CT molecular complexity index is 1390. The molecule has 7 heteroatoms. The first-order chi connectivity index (χ1) is 22.0. The summed E-state index contributed by atoms with van der Waals surface area (Å²) in [5.41, 5.74) is 0.954. The predicted octanol–water partition coefficient (Wildman–Crippen LogP) is 9.66. The van der Waals surface area contributed by atoms with Gasteiger partial charge in [-0.15, -0.1) is 0 Å². The molecule has 0 saturated carbocycles. The normalized spacial score (nSPS) is 25.4. The lowest BCUT2D eigenvalue weighted by molar-refractivity contribution is -0.192. The van der Waals surface area contributed by atoms with Crippen LogP contribution in [0.25, 0.3) is 0 Å². The number of esters is 1. The van der Waals surface area contributed by atoms with Crippen LogP contribution in [0.3, 0.4) is 0 Å². The number of carbonyl (C=O) groups excluding carboxylic acids is 1. The van der Waals surface area contributed by atoms with Crippen LogP contribution in [-0.2, 0) is 30.8 Å². The number of ether oxygens (including phenoxy) is 1. The fourth-order valence-corrected chi connectivity index (χ4v) is 9.57. The number of nitrogens with zero attached hydrogens (tertiary/aromatic N) is 2. The minimum atomic E-state index is -1.19. The lowest BCUT2D eigenvalue weighted by atomic mass is 9.58. The average molecular weight is 685 g/mol. The summed E-state index contributed by atoms with van der Waals surface area (Å²) in [6, 6.07) is 2.18. The van der Waals surface area contributed by atoms with E-state index in [4.69, 9.17) is 4.74 Å². The van der Waals surface area contributed by atoms with Crippen molar-refractivity contribution in [2.24, 2.45) is 5.92 Å². The van der Waals surface area contributed by atoms with Crippen LogP contribution < -0.4 is 0 Å². The number of likely N-dealkylation sites (tertiary alicyclic amines) is 2. The topological polar surface area (TPSA) is 90.3 Å². The Morgan fingerprint density at radius 2 is 1.35 bits per heavy atom. The molecule has 7 nitrogen and oxygen atoms in total. The summed E-state index contributed by atoms with van der Waals surface area (Å²) >= 11 is 0. The molecule has 1 aromatic carbocycles. The molecule has 3 atom stereocenters. The van der Waals surface area contributed by atoms with Gasteiger partial charge < -0.3 is 14.9 Å². The van der Waals surface area contributed by atoms with Gasteiger partial charge in [-0.25, -0.2) is 0 Å². The summed E-state index contributed by atoms with van der Waals surface area (Å²) in [4.78, 5) is 31.0. The first kappa shape index (κ1) is 41.3. The van der Waals surface area contributed by atoms with Crippen LogP contribution >= 0.6 is 0 Å². The van der Waals surface area contributed by atoms with E-state index in [2.05, 4.69) is 134 Å². The highest BCUT2D eigenvalue weighted by molar-refractivity contribution is 5.90. The Morgan fingerprint density at radius 3 is 1.82 bits per heavy atom. The van der Waals surface area contributed by atoms with Crippen molar-refractivity contribution in [1.82, 2.24) is 9.80 Å². The van der Waals surface area contributed by atoms with Gasteiger partial charge in [-0.05, 0) is 136 Å². The van der Waals surface area contributed by atoms with Gasteiger partial charge >= 0.3 is 11.9 Å². The molecule has 280 valence electrons. The van der Waals surface area contributed by atoms with Crippen molar-refractivity contribution in [3.63, 3.8) is 0 Å². The molecule has 0 spiro atoms. The summed E-state index contributed by atoms with van der Waals surface area (Å²) in [5.74, 6) is -1.71. The third kappa shape index (κ3) is 7.59. The Labute approximate surface area is 299 Å². The first-order valence-corrected chi connectivity index (χ1v) is 18.8. The van der Waals surface area contributed by atoms with Crippen LogP contribution in [0.4, 0.5) is 0 Å². The van der Waals surface area contributed by atoms with Crippen LogP contribution in [0, 0.1) is 5.92 Å². The molecule has 0 bridgehead atoms. The van der Waals surface area contributed by atoms with Crippen LogP contribution in [0.5, 0.6) is 5.75 Å². The van der Waals surface area contributed by atoms with E-state index in [1.54, 1.807) is 0 Å². The van der Waals surface area contributed by atoms with Gasteiger partial charge in [0.05, 0.1) is 0 Å². The summed E-state index contributed by atoms with van der Waals surface area (Å²) in [5, 5.41) is 22.3. The van der Waals surface area contributed by atoms with E-state index in [1.807, 2.05) is 0 Å². The number of piperidine rings is 2. The molecule has 2 saturated heterocycles. The third-order valence-corrected chi connectivity index (χ3v) is 13.1. The molecule has 0 amide bonds. The van der Waals surface area contributed by atoms with Crippen LogP contribution in [0.15, 0.2) is 6.07 Å². The van der Waals surface area contributed by atoms with E-state index < -0.39 is 40.3 Å². The second kappa shape index (κ2) is 13.5. The van der Waals surface area contributed by atoms with Crippen molar-refractivity contribution in [2.45, 2.75) is 200 Å². The predicted molar refractivity (Wildman–Crippen MR) is 202 cm³/mol. The van der Waals surface area contributed by atoms with Crippen molar-refractivity contribution in [3.8, 4) is 5.75 Å². The Kier molecular flexibility index (Phi) is 11.3. The summed E-state index contributed by atoms with van der Waals surface area (Å²) in [6.45, 7) is 33.4. The highest BCUT2D eigenvalue weighted by Crippen LogP contribution is 2.59. The number of hydrogen-bond acceptors (Lipinski definition) is 6. The molecule has 3 rings (SSSR count). The summed E-state index contributed by atoms with van der Waals surface area (Å²) in [6.07, 6.45) is 5.15. The maximum absolute atomic E-state index is 14.0. The second-order valence-electron chi connectivity index (χ2n) is 19.9. The number of carboxylic acid groups (broad SMARTS) is 1. The lowest BCUT2D eigenvalue weighted by Gasteiger charge is -2.61. The molecule has 2 aliphatic rings. The molecule has 49 heavy (non-hydrogen) atoms. The number of carboxylic acids is 1. The highest BCUT2D eigenvalue weighted by Gasteiger charge is 2.59. The summed E-state index contributed by atoms with van der Waals surface area (Å²) in [7, 11) is 4.39. The van der Waals surface area contributed by atoms with Gasteiger partial charge in [0, 0.05) is 45.1 Å². The van der Waals surface area contributed by atoms with E-state index in [1.165, 1.54) is 0 Å². The Hall–Kier alpha value is -2.12. The van der Waals surface area contributed by atoms with Gasteiger partial charge in [0.1, 0.15) is 17.8 Å². The SMILES string of the molecule is CCCCC(OC(=O)CC(=O)O)(c1cc(C(C)(C)C)c(O)c(C(C)(C)C)c1C1CCC(C)(C)N(C)C1(C)C)C1CCC(C)(C)N(C)C1(C)C. The van der Waals surface area contributed by atoms with Crippen LogP contribution in [0.2, 0.25) is 0 Å². The molecule has 3 unspecified atom stereocenters. The number of aromatic hydroxyl groups is 1. The van der Waals surface area contributed by atoms with Crippen molar-refractivity contribution < 1.29 is 24.5 Å². The van der Waals surface area contributed by atoms with Gasteiger partial charge in [-0.2, -0.15) is 0 Å². The number of benzene rings is 1. The minimum Gasteiger partial charge on any atom is -0.507 e. The average Bonchev–Trinajstić information content (AvgIpc) is 2.91. The zero-order chi connectivity index (χ0) is 37.9. The number of hydrogen-bond donors (Lipinski definition) is 2. The number of unbranched alkanes of at least 4 members (excludes halogenated alkanes) is 1. The van der Waals surface area contributed by atoms with Gasteiger partial charge in [-0.3, -0.25) is 19.4 Å². The molecule has 1 aromatic rings. The van der Waals surface area contributed by atoms with Gasteiger partial charge in [0.2, 0.25) is 0 Å². The first-order valence-electron chi connectivity index (χ1n) is 18.8. The third-order valence-electron chi connectivity index (χ3n) is 13.1. The van der Waals surface area contributed by atoms with E-state index in [-0.39, 0.29) is 28.5 Å². The van der Waals surface area contributed by atoms with Crippen LogP contribution in [0.1, 0.15) is 183 Å². The maximum Gasteiger partial charge on any atom is 0.318 e. The van der Waals surface area contributed by atoms with Crippen molar-refractivity contribution in [1.29, 1.82) is 0 Å². The van der Waals surface area contributed by atoms with E-state index in [0.29, 0.717) is 12.2 Å². The Morgan fingerprint density at radius 1 is 0.837 bits per heavy atom. The number of phenolic OH excluding ortho intramolecular Hbond substituents is 1. The monoisotopic (exact) mass is 685 g/mol. The zero-order valence-corrected chi connectivity index (χ0v) is 34.4. The molecule has 2 N–H and O–H groups in total. The molecule has 2 aliphatic heterocycles. The minimum absolute atomic E-state index is 0.00900. The fraction of sp³-hybridized carbons (Fsp3) is 0.810. The lowest BCUT2D eigenvalue weighted by Crippen LogP contribution is -2.65. The van der Waals surface area contributed by atoms with E-state index in [9.17, 15) is 19.8 Å². The van der Waals surface area contributed by atoms with Gasteiger partial charge in [-0.1, -0.05) is 54.9 Å². The van der Waals surface area contributed by atoms with Crippen molar-refractivity contribution in [2.75, 3.05) is 14.1 Å². The molecule has 2 fully saturated rings. The number of aliphatic carboxylic acids is 1. The zero-order valence-electron chi connectivity index (χ0n) is 34.4. The molecule has 0 aliphatic carbocycles.